The van der Waals surface area contributed by atoms with Gasteiger partial charge in [0.25, 0.3) is 10.0 Å². The standard InChI is InChI=1S/C16H24N6O2S/c1-20-16(13-18-19-20)25(23,24)21(2)15-7-11-22(12-8-15)10-6-14-5-3-4-9-17-14/h3-5,9,13,15H,6-8,10-12H2,1-2H3. The van der Waals surface area contributed by atoms with E-state index in [1.54, 1.807) is 14.1 Å². The van der Waals surface area contributed by atoms with Gasteiger partial charge in [0.1, 0.15) is 0 Å². The molecule has 3 heterocycles. The first-order valence-corrected chi connectivity index (χ1v) is 9.87. The van der Waals surface area contributed by atoms with Gasteiger partial charge in [-0.2, -0.15) is 4.31 Å². The number of rotatable bonds is 6. The molecule has 1 aliphatic rings. The summed E-state index contributed by atoms with van der Waals surface area (Å²) in [5.74, 6) is 0. The van der Waals surface area contributed by atoms with E-state index in [0.717, 1.165) is 44.6 Å². The lowest BCUT2D eigenvalue weighted by molar-refractivity contribution is 0.171. The van der Waals surface area contributed by atoms with E-state index in [1.807, 2.05) is 24.4 Å². The Bertz CT molecular complexity index is 784. The number of hydrogen-bond donors (Lipinski definition) is 0. The van der Waals surface area contributed by atoms with E-state index in [9.17, 15) is 8.42 Å². The zero-order valence-electron chi connectivity index (χ0n) is 14.6. The molecule has 1 aliphatic heterocycles. The van der Waals surface area contributed by atoms with Crippen LogP contribution in [0.3, 0.4) is 0 Å². The molecule has 0 N–H and O–H groups in total. The fourth-order valence-corrected chi connectivity index (χ4v) is 4.63. The lowest BCUT2D eigenvalue weighted by Gasteiger charge is -2.35. The normalized spacial score (nSPS) is 17.2. The summed E-state index contributed by atoms with van der Waals surface area (Å²) in [6, 6.07) is 5.96. The van der Waals surface area contributed by atoms with Crippen LogP contribution in [0.4, 0.5) is 0 Å². The SMILES string of the molecule is CN(C1CCN(CCc2ccccn2)CC1)S(=O)(=O)c1cnnn1C. The van der Waals surface area contributed by atoms with Crippen molar-refractivity contribution < 1.29 is 8.42 Å². The summed E-state index contributed by atoms with van der Waals surface area (Å²) in [5, 5.41) is 7.53. The molecule has 0 amide bonds. The van der Waals surface area contributed by atoms with Crippen molar-refractivity contribution in [3.63, 3.8) is 0 Å². The summed E-state index contributed by atoms with van der Waals surface area (Å²) in [7, 11) is -0.315. The van der Waals surface area contributed by atoms with Gasteiger partial charge in [-0.05, 0) is 38.1 Å². The van der Waals surface area contributed by atoms with Gasteiger partial charge in [-0.3, -0.25) is 4.98 Å². The second kappa shape index (κ2) is 7.59. The van der Waals surface area contributed by atoms with Gasteiger partial charge in [-0.1, -0.05) is 11.3 Å². The Balaban J connectivity index is 1.54. The maximum Gasteiger partial charge on any atom is 0.261 e. The van der Waals surface area contributed by atoms with Crippen molar-refractivity contribution in [3.05, 3.63) is 36.3 Å². The largest absolute Gasteiger partial charge is 0.303 e. The van der Waals surface area contributed by atoms with Crippen molar-refractivity contribution in [1.82, 2.24) is 29.2 Å². The number of aryl methyl sites for hydroxylation is 1. The van der Waals surface area contributed by atoms with Crippen LogP contribution in [-0.4, -0.2) is 70.3 Å². The summed E-state index contributed by atoms with van der Waals surface area (Å²) in [6.07, 6.45) is 5.68. The molecule has 0 aliphatic carbocycles. The fourth-order valence-electron chi connectivity index (χ4n) is 3.18. The summed E-state index contributed by atoms with van der Waals surface area (Å²) in [6.45, 7) is 2.73. The molecule has 2 aromatic rings. The van der Waals surface area contributed by atoms with Crippen molar-refractivity contribution in [2.75, 3.05) is 26.7 Å². The predicted molar refractivity (Wildman–Crippen MR) is 93.4 cm³/mol. The van der Waals surface area contributed by atoms with Crippen LogP contribution >= 0.6 is 0 Å². The van der Waals surface area contributed by atoms with Crippen LogP contribution in [0.25, 0.3) is 0 Å². The third kappa shape index (κ3) is 4.05. The minimum Gasteiger partial charge on any atom is -0.303 e. The quantitative estimate of drug-likeness (QED) is 0.744. The molecular weight excluding hydrogens is 340 g/mol. The van der Waals surface area contributed by atoms with Gasteiger partial charge in [-0.25, -0.2) is 13.1 Å². The number of piperidine rings is 1. The van der Waals surface area contributed by atoms with E-state index in [2.05, 4.69) is 20.2 Å². The lowest BCUT2D eigenvalue weighted by Crippen LogP contribution is -2.46. The molecule has 0 aromatic carbocycles. The molecule has 1 saturated heterocycles. The van der Waals surface area contributed by atoms with E-state index in [4.69, 9.17) is 0 Å². The van der Waals surface area contributed by atoms with Crippen molar-refractivity contribution in [1.29, 1.82) is 0 Å². The average Bonchev–Trinajstić information content (AvgIpc) is 3.07. The average molecular weight is 364 g/mol. The minimum atomic E-state index is -3.56. The van der Waals surface area contributed by atoms with Crippen LogP contribution in [0.1, 0.15) is 18.5 Å². The summed E-state index contributed by atoms with van der Waals surface area (Å²) < 4.78 is 28.2. The molecule has 8 nitrogen and oxygen atoms in total. The third-order valence-electron chi connectivity index (χ3n) is 4.80. The second-order valence-corrected chi connectivity index (χ2v) is 8.31. The van der Waals surface area contributed by atoms with Crippen LogP contribution < -0.4 is 0 Å². The molecule has 9 heteroatoms. The Kier molecular flexibility index (Phi) is 5.45. The van der Waals surface area contributed by atoms with Crippen molar-refractivity contribution >= 4 is 10.0 Å². The molecule has 1 fully saturated rings. The molecule has 136 valence electrons. The molecule has 0 spiro atoms. The van der Waals surface area contributed by atoms with Gasteiger partial charge in [0.05, 0.1) is 6.20 Å². The Labute approximate surface area is 148 Å². The van der Waals surface area contributed by atoms with Crippen LogP contribution in [0.5, 0.6) is 0 Å². The predicted octanol–water partition coefficient (Wildman–Crippen LogP) is 0.538. The summed E-state index contributed by atoms with van der Waals surface area (Å²) >= 11 is 0. The number of aromatic nitrogens is 4. The van der Waals surface area contributed by atoms with Crippen molar-refractivity contribution in [3.8, 4) is 0 Å². The number of nitrogens with zero attached hydrogens (tertiary/aromatic N) is 6. The first-order valence-electron chi connectivity index (χ1n) is 8.43. The molecule has 25 heavy (non-hydrogen) atoms. The molecule has 0 unspecified atom stereocenters. The highest BCUT2D eigenvalue weighted by molar-refractivity contribution is 7.89. The first-order chi connectivity index (χ1) is 12.0. The van der Waals surface area contributed by atoms with Crippen LogP contribution in [0.15, 0.2) is 35.6 Å². The van der Waals surface area contributed by atoms with E-state index in [-0.39, 0.29) is 11.1 Å². The monoisotopic (exact) mass is 364 g/mol. The molecule has 3 rings (SSSR count). The third-order valence-corrected chi connectivity index (χ3v) is 6.75. The molecule has 2 aromatic heterocycles. The maximum atomic E-state index is 12.7. The summed E-state index contributed by atoms with van der Waals surface area (Å²) in [5.41, 5.74) is 1.09. The fraction of sp³-hybridized carbons (Fsp3) is 0.562. The highest BCUT2D eigenvalue weighted by atomic mass is 32.2. The van der Waals surface area contributed by atoms with E-state index in [0.29, 0.717) is 0 Å². The van der Waals surface area contributed by atoms with Crippen LogP contribution in [0, 0.1) is 0 Å². The van der Waals surface area contributed by atoms with Crippen molar-refractivity contribution in [2.24, 2.45) is 7.05 Å². The molecule has 0 atom stereocenters. The Morgan fingerprint density at radius 3 is 2.64 bits per heavy atom. The van der Waals surface area contributed by atoms with Gasteiger partial charge in [0, 0.05) is 45.0 Å². The van der Waals surface area contributed by atoms with Crippen LogP contribution in [-0.2, 0) is 23.5 Å². The Hall–Kier alpha value is -1.84. The van der Waals surface area contributed by atoms with Gasteiger partial charge in [0.2, 0.25) is 0 Å². The van der Waals surface area contributed by atoms with Crippen molar-refractivity contribution in [2.45, 2.75) is 30.3 Å². The topological polar surface area (TPSA) is 84.2 Å². The maximum absolute atomic E-state index is 12.7. The first kappa shape index (κ1) is 18.0. The second-order valence-electron chi connectivity index (χ2n) is 6.36. The molecule has 0 radical (unpaired) electrons. The van der Waals surface area contributed by atoms with Gasteiger partial charge < -0.3 is 4.90 Å². The Morgan fingerprint density at radius 2 is 2.04 bits per heavy atom. The highest BCUT2D eigenvalue weighted by Crippen LogP contribution is 2.22. The van der Waals surface area contributed by atoms with Gasteiger partial charge >= 0.3 is 0 Å². The van der Waals surface area contributed by atoms with Gasteiger partial charge in [0.15, 0.2) is 5.03 Å². The number of likely N-dealkylation sites (tertiary alicyclic amines) is 1. The van der Waals surface area contributed by atoms with E-state index < -0.39 is 10.0 Å². The van der Waals surface area contributed by atoms with E-state index in [1.165, 1.54) is 15.2 Å². The zero-order valence-corrected chi connectivity index (χ0v) is 15.4. The van der Waals surface area contributed by atoms with Gasteiger partial charge in [-0.15, -0.1) is 5.10 Å². The molecule has 0 saturated carbocycles. The van der Waals surface area contributed by atoms with Crippen LogP contribution in [0.2, 0.25) is 0 Å². The zero-order chi connectivity index (χ0) is 17.9. The molecule has 0 bridgehead atoms. The molecular formula is C16H24N6O2S. The number of sulfonamides is 1. The Morgan fingerprint density at radius 1 is 1.28 bits per heavy atom. The smallest absolute Gasteiger partial charge is 0.261 e. The van der Waals surface area contributed by atoms with E-state index >= 15 is 0 Å². The number of pyridine rings is 1. The number of hydrogen-bond acceptors (Lipinski definition) is 6. The summed E-state index contributed by atoms with van der Waals surface area (Å²) in [4.78, 5) is 6.72. The highest BCUT2D eigenvalue weighted by Gasteiger charge is 2.32. The minimum absolute atomic E-state index is 0.00556. The lowest BCUT2D eigenvalue weighted by atomic mass is 10.1.